The molecule has 1 aliphatic heterocycles. The molecule has 0 atom stereocenters. The van der Waals surface area contributed by atoms with E-state index in [0.29, 0.717) is 30.8 Å². The van der Waals surface area contributed by atoms with E-state index in [1.165, 1.54) is 16.2 Å². The van der Waals surface area contributed by atoms with Crippen molar-refractivity contribution in [3.8, 4) is 0 Å². The normalized spacial score (nSPS) is 15.3. The van der Waals surface area contributed by atoms with Crippen LogP contribution in [0.3, 0.4) is 0 Å². The fraction of sp³-hybridized carbons (Fsp3) is 0.625. The second kappa shape index (κ2) is 8.23. The zero-order chi connectivity index (χ0) is 17.7. The first kappa shape index (κ1) is 18.4. The Balaban J connectivity index is 1.86. The van der Waals surface area contributed by atoms with Gasteiger partial charge in [-0.25, -0.2) is 4.98 Å². The number of piperidine rings is 1. The van der Waals surface area contributed by atoms with E-state index in [-0.39, 0.29) is 24.3 Å². The lowest BCUT2D eigenvalue weighted by molar-refractivity contribution is -0.145. The molecule has 0 aromatic carbocycles. The Hall–Kier alpha value is -1.96. The molecule has 1 aromatic rings. The maximum atomic E-state index is 12.4. The highest BCUT2D eigenvalue weighted by Crippen LogP contribution is 2.19. The molecule has 1 fully saturated rings. The van der Waals surface area contributed by atoms with Gasteiger partial charge in [0.2, 0.25) is 5.91 Å². The monoisotopic (exact) mass is 353 g/mol. The van der Waals surface area contributed by atoms with Crippen LogP contribution in [0.1, 0.15) is 40.9 Å². The van der Waals surface area contributed by atoms with E-state index in [9.17, 15) is 14.4 Å². The zero-order valence-corrected chi connectivity index (χ0v) is 14.8. The topological polar surface area (TPSA) is 90.8 Å². The summed E-state index contributed by atoms with van der Waals surface area (Å²) in [4.78, 5) is 43.4. The van der Waals surface area contributed by atoms with Crippen molar-refractivity contribution in [3.63, 3.8) is 0 Å². The first-order valence-electron chi connectivity index (χ1n) is 8.13. The van der Waals surface area contributed by atoms with Crippen LogP contribution >= 0.6 is 11.3 Å². The lowest BCUT2D eigenvalue weighted by atomic mass is 9.97. The van der Waals surface area contributed by atoms with Crippen molar-refractivity contribution in [2.24, 2.45) is 5.92 Å². The summed E-state index contributed by atoms with van der Waals surface area (Å²) in [6, 6.07) is 0. The van der Waals surface area contributed by atoms with Crippen molar-refractivity contribution >= 4 is 29.1 Å². The second-order valence-electron chi connectivity index (χ2n) is 6.02. The molecule has 1 aliphatic rings. The minimum Gasteiger partial charge on any atom is -0.481 e. The highest BCUT2D eigenvalue weighted by molar-refractivity contribution is 7.13. The molecule has 0 saturated carbocycles. The van der Waals surface area contributed by atoms with Crippen LogP contribution < -0.4 is 0 Å². The van der Waals surface area contributed by atoms with Gasteiger partial charge in [-0.3, -0.25) is 14.4 Å². The number of likely N-dealkylation sites (tertiary alicyclic amines) is 1. The molecular formula is C16H23N3O4S. The molecule has 0 unspecified atom stereocenters. The summed E-state index contributed by atoms with van der Waals surface area (Å²) in [6.07, 6.45) is 4.32. The molecule has 7 nitrogen and oxygen atoms in total. The van der Waals surface area contributed by atoms with Gasteiger partial charge in [0.15, 0.2) is 0 Å². The number of aryl methyl sites for hydroxylation is 1. The van der Waals surface area contributed by atoms with E-state index in [1.54, 1.807) is 18.1 Å². The predicted molar refractivity (Wildman–Crippen MR) is 90.0 cm³/mol. The Morgan fingerprint density at radius 1 is 1.38 bits per heavy atom. The van der Waals surface area contributed by atoms with Crippen LogP contribution in [0, 0.1) is 5.92 Å². The third kappa shape index (κ3) is 4.53. The molecule has 2 amide bonds. The van der Waals surface area contributed by atoms with Crippen molar-refractivity contribution in [1.82, 2.24) is 14.8 Å². The summed E-state index contributed by atoms with van der Waals surface area (Å²) < 4.78 is 0. The summed E-state index contributed by atoms with van der Waals surface area (Å²) >= 11 is 1.37. The summed E-state index contributed by atoms with van der Waals surface area (Å²) in [7, 11) is 1.60. The SMILES string of the molecule is CCCc1ncc(C(=O)N(C)CC(=O)N2CCC(C(=O)O)CC2)s1. The van der Waals surface area contributed by atoms with Gasteiger partial charge >= 0.3 is 5.97 Å². The van der Waals surface area contributed by atoms with Crippen molar-refractivity contribution in [2.75, 3.05) is 26.7 Å². The highest BCUT2D eigenvalue weighted by Gasteiger charge is 2.28. The molecule has 2 heterocycles. The van der Waals surface area contributed by atoms with Crippen molar-refractivity contribution in [1.29, 1.82) is 0 Å². The van der Waals surface area contributed by atoms with Crippen LogP contribution in [0.25, 0.3) is 0 Å². The number of hydrogen-bond acceptors (Lipinski definition) is 5. The van der Waals surface area contributed by atoms with Gasteiger partial charge in [-0.05, 0) is 25.7 Å². The predicted octanol–water partition coefficient (Wildman–Crippen LogP) is 1.49. The fourth-order valence-electron chi connectivity index (χ4n) is 2.68. The van der Waals surface area contributed by atoms with Crippen LogP contribution in [0.4, 0.5) is 0 Å². The van der Waals surface area contributed by atoms with E-state index >= 15 is 0 Å². The smallest absolute Gasteiger partial charge is 0.306 e. The number of carboxylic acids is 1. The first-order chi connectivity index (χ1) is 11.4. The second-order valence-corrected chi connectivity index (χ2v) is 7.14. The zero-order valence-electron chi connectivity index (χ0n) is 14.0. The van der Waals surface area contributed by atoms with Crippen LogP contribution in [0.2, 0.25) is 0 Å². The van der Waals surface area contributed by atoms with Crippen molar-refractivity contribution in [2.45, 2.75) is 32.6 Å². The Kier molecular flexibility index (Phi) is 6.30. The summed E-state index contributed by atoms with van der Waals surface area (Å²) in [5.41, 5.74) is 0. The lowest BCUT2D eigenvalue weighted by Crippen LogP contribution is -2.45. The number of thiazole rings is 1. The molecule has 0 aliphatic carbocycles. The third-order valence-corrected chi connectivity index (χ3v) is 5.19. The number of hydrogen-bond donors (Lipinski definition) is 1. The average molecular weight is 353 g/mol. The Labute approximate surface area is 145 Å². The summed E-state index contributed by atoms with van der Waals surface area (Å²) in [5.74, 6) is -1.53. The fourth-order valence-corrected chi connectivity index (χ4v) is 3.69. The maximum absolute atomic E-state index is 12.4. The van der Waals surface area contributed by atoms with Crippen LogP contribution in [-0.2, 0) is 16.0 Å². The molecule has 8 heteroatoms. The minimum absolute atomic E-state index is 0.00240. The van der Waals surface area contributed by atoms with E-state index in [2.05, 4.69) is 11.9 Å². The van der Waals surface area contributed by atoms with Crippen LogP contribution in [-0.4, -0.2) is 64.4 Å². The molecule has 24 heavy (non-hydrogen) atoms. The Bertz CT molecular complexity index is 608. The van der Waals surface area contributed by atoms with Gasteiger partial charge in [0, 0.05) is 20.1 Å². The van der Waals surface area contributed by atoms with Crippen LogP contribution in [0.15, 0.2) is 6.20 Å². The number of carbonyl (C=O) groups excluding carboxylic acids is 2. The van der Waals surface area contributed by atoms with Crippen LogP contribution in [0.5, 0.6) is 0 Å². The largest absolute Gasteiger partial charge is 0.481 e. The Morgan fingerprint density at radius 3 is 2.62 bits per heavy atom. The van der Waals surface area contributed by atoms with E-state index in [1.807, 2.05) is 0 Å². The molecule has 0 radical (unpaired) electrons. The van der Waals surface area contributed by atoms with Gasteiger partial charge < -0.3 is 14.9 Å². The van der Waals surface area contributed by atoms with Gasteiger partial charge in [-0.15, -0.1) is 11.3 Å². The molecule has 0 bridgehead atoms. The van der Waals surface area contributed by atoms with Gasteiger partial charge in [0.25, 0.3) is 5.91 Å². The number of likely N-dealkylation sites (N-methyl/N-ethyl adjacent to an activating group) is 1. The minimum atomic E-state index is -0.803. The number of amides is 2. The number of carbonyl (C=O) groups is 3. The molecular weight excluding hydrogens is 330 g/mol. The molecule has 2 rings (SSSR count). The molecule has 1 aromatic heterocycles. The van der Waals surface area contributed by atoms with Gasteiger partial charge in [0.05, 0.1) is 23.7 Å². The lowest BCUT2D eigenvalue weighted by Gasteiger charge is -2.31. The molecule has 1 N–H and O–H groups in total. The van der Waals surface area contributed by atoms with Gasteiger partial charge in [-0.2, -0.15) is 0 Å². The number of nitrogens with zero attached hydrogens (tertiary/aromatic N) is 3. The summed E-state index contributed by atoms with van der Waals surface area (Å²) in [6.45, 7) is 2.91. The van der Waals surface area contributed by atoms with Crippen molar-refractivity contribution in [3.05, 3.63) is 16.1 Å². The van der Waals surface area contributed by atoms with E-state index in [0.717, 1.165) is 17.8 Å². The number of aliphatic carboxylic acids is 1. The Morgan fingerprint density at radius 2 is 2.04 bits per heavy atom. The van der Waals surface area contributed by atoms with Gasteiger partial charge in [0.1, 0.15) is 4.88 Å². The number of rotatable bonds is 6. The highest BCUT2D eigenvalue weighted by atomic mass is 32.1. The van der Waals surface area contributed by atoms with Crippen molar-refractivity contribution < 1.29 is 19.5 Å². The quantitative estimate of drug-likeness (QED) is 0.837. The average Bonchev–Trinajstić information content (AvgIpc) is 3.03. The number of aromatic nitrogens is 1. The van der Waals surface area contributed by atoms with E-state index < -0.39 is 5.97 Å². The molecule has 1 saturated heterocycles. The maximum Gasteiger partial charge on any atom is 0.306 e. The summed E-state index contributed by atoms with van der Waals surface area (Å²) in [5, 5.41) is 9.91. The number of carboxylic acid groups (broad SMARTS) is 1. The molecule has 132 valence electrons. The first-order valence-corrected chi connectivity index (χ1v) is 8.94. The standard InChI is InChI=1S/C16H23N3O4S/c1-3-4-13-17-9-12(24-13)15(21)18(2)10-14(20)19-7-5-11(6-8-19)16(22)23/h9,11H,3-8,10H2,1-2H3,(H,22,23). The van der Waals surface area contributed by atoms with Gasteiger partial charge in [-0.1, -0.05) is 6.92 Å². The molecule has 0 spiro atoms. The third-order valence-electron chi connectivity index (χ3n) is 4.14. The van der Waals surface area contributed by atoms with E-state index in [4.69, 9.17) is 5.11 Å².